The van der Waals surface area contributed by atoms with E-state index in [0.717, 1.165) is 6.54 Å². The van der Waals surface area contributed by atoms with E-state index in [4.69, 9.17) is 0 Å². The van der Waals surface area contributed by atoms with Crippen molar-refractivity contribution in [1.29, 1.82) is 0 Å². The lowest BCUT2D eigenvalue weighted by Crippen LogP contribution is -2.25. The van der Waals surface area contributed by atoms with E-state index in [9.17, 15) is 4.79 Å². The molecule has 78 valence electrons. The number of rotatable bonds is 5. The van der Waals surface area contributed by atoms with Crippen LogP contribution in [0.4, 0.5) is 0 Å². The minimum atomic E-state index is 0.102. The van der Waals surface area contributed by atoms with Gasteiger partial charge in [-0.25, -0.2) is 0 Å². The first kappa shape index (κ1) is 11.2. The summed E-state index contributed by atoms with van der Waals surface area (Å²) in [7, 11) is 1.84. The van der Waals surface area contributed by atoms with E-state index in [-0.39, 0.29) is 5.91 Å². The molecule has 2 N–H and O–H groups in total. The smallest absolute Gasteiger partial charge is 0.221 e. The molecule has 0 spiro atoms. The number of hydrogen-bond acceptors (Lipinski definition) is 3. The summed E-state index contributed by atoms with van der Waals surface area (Å²) >= 11 is 1.72. The van der Waals surface area contributed by atoms with Gasteiger partial charge in [0.15, 0.2) is 0 Å². The fourth-order valence-electron chi connectivity index (χ4n) is 1.09. The van der Waals surface area contributed by atoms with E-state index in [1.807, 2.05) is 7.05 Å². The van der Waals surface area contributed by atoms with E-state index >= 15 is 0 Å². The average Bonchev–Trinajstić information content (AvgIpc) is 2.58. The molecular formula is C10H16N2OS. The zero-order valence-corrected chi connectivity index (χ0v) is 9.41. The number of aryl methyl sites for hydroxylation is 1. The Balaban J connectivity index is 2.23. The molecule has 0 radical (unpaired) electrons. The first-order valence-electron chi connectivity index (χ1n) is 4.69. The third-order valence-electron chi connectivity index (χ3n) is 1.86. The second-order valence-corrected chi connectivity index (χ2v) is 4.52. The third kappa shape index (κ3) is 3.89. The molecule has 1 aromatic rings. The van der Waals surface area contributed by atoms with Gasteiger partial charge in [0.05, 0.1) is 6.54 Å². The predicted molar refractivity (Wildman–Crippen MR) is 59.4 cm³/mol. The molecule has 0 aliphatic carbocycles. The normalized spacial score (nSPS) is 10.1. The summed E-state index contributed by atoms with van der Waals surface area (Å²) in [6.45, 7) is 3.45. The zero-order chi connectivity index (χ0) is 10.4. The molecule has 0 aliphatic rings. The topological polar surface area (TPSA) is 41.1 Å². The van der Waals surface area contributed by atoms with Gasteiger partial charge in [0.25, 0.3) is 0 Å². The fraction of sp³-hybridized carbons (Fsp3) is 0.500. The number of nitrogens with one attached hydrogen (secondary N) is 2. The molecule has 4 heteroatoms. The van der Waals surface area contributed by atoms with Crippen LogP contribution >= 0.6 is 11.3 Å². The number of hydrogen-bond donors (Lipinski definition) is 2. The number of carbonyl (C=O) groups excluding carboxylic acids is 1. The molecule has 0 saturated carbocycles. The van der Waals surface area contributed by atoms with Crippen LogP contribution in [0, 0.1) is 6.92 Å². The Morgan fingerprint density at radius 1 is 1.50 bits per heavy atom. The minimum absolute atomic E-state index is 0.102. The van der Waals surface area contributed by atoms with Crippen molar-refractivity contribution in [1.82, 2.24) is 10.6 Å². The van der Waals surface area contributed by atoms with Gasteiger partial charge in [0.1, 0.15) is 0 Å². The van der Waals surface area contributed by atoms with Crippen molar-refractivity contribution >= 4 is 17.2 Å². The second-order valence-electron chi connectivity index (χ2n) is 3.14. The van der Waals surface area contributed by atoms with Gasteiger partial charge >= 0.3 is 0 Å². The molecule has 0 fully saturated rings. The quantitative estimate of drug-likeness (QED) is 0.772. The Bertz CT molecular complexity index is 296. The molecule has 1 heterocycles. The molecule has 14 heavy (non-hydrogen) atoms. The lowest BCUT2D eigenvalue weighted by atomic mass is 10.4. The highest BCUT2D eigenvalue weighted by atomic mass is 32.1. The number of thiophene rings is 1. The van der Waals surface area contributed by atoms with Gasteiger partial charge in [0, 0.05) is 22.7 Å². The zero-order valence-electron chi connectivity index (χ0n) is 8.59. The van der Waals surface area contributed by atoms with E-state index in [1.165, 1.54) is 9.75 Å². The predicted octanol–water partition coefficient (Wildman–Crippen LogP) is 1.28. The summed E-state index contributed by atoms with van der Waals surface area (Å²) in [6, 6.07) is 4.12. The largest absolute Gasteiger partial charge is 0.351 e. The average molecular weight is 212 g/mol. The first-order chi connectivity index (χ1) is 6.72. The lowest BCUT2D eigenvalue weighted by molar-refractivity contribution is -0.121. The molecule has 0 bridgehead atoms. The highest BCUT2D eigenvalue weighted by Crippen LogP contribution is 2.14. The summed E-state index contributed by atoms with van der Waals surface area (Å²) < 4.78 is 0. The van der Waals surface area contributed by atoms with Crippen molar-refractivity contribution < 1.29 is 4.79 Å². The van der Waals surface area contributed by atoms with Gasteiger partial charge in [-0.2, -0.15) is 0 Å². The minimum Gasteiger partial charge on any atom is -0.351 e. The van der Waals surface area contributed by atoms with Crippen LogP contribution in [0.1, 0.15) is 16.2 Å². The van der Waals surface area contributed by atoms with Crippen molar-refractivity contribution in [3.05, 3.63) is 21.9 Å². The van der Waals surface area contributed by atoms with Gasteiger partial charge < -0.3 is 10.6 Å². The van der Waals surface area contributed by atoms with Gasteiger partial charge in [-0.15, -0.1) is 11.3 Å². The van der Waals surface area contributed by atoms with Gasteiger partial charge in [-0.3, -0.25) is 4.79 Å². The van der Waals surface area contributed by atoms with Crippen LogP contribution in [0.5, 0.6) is 0 Å². The van der Waals surface area contributed by atoms with E-state index in [0.29, 0.717) is 13.0 Å². The van der Waals surface area contributed by atoms with Gasteiger partial charge in [-0.1, -0.05) is 0 Å². The van der Waals surface area contributed by atoms with E-state index < -0.39 is 0 Å². The SMILES string of the molecule is CNCCC(=O)NCc1ccc(C)s1. The standard InChI is InChI=1S/C10H16N2OS/c1-8-3-4-9(14-8)7-12-10(13)5-6-11-2/h3-4,11H,5-7H2,1-2H3,(H,12,13). The Morgan fingerprint density at radius 2 is 2.29 bits per heavy atom. The molecule has 0 aromatic carbocycles. The maximum absolute atomic E-state index is 11.2. The number of carbonyl (C=O) groups is 1. The van der Waals surface area contributed by atoms with Crippen LogP contribution in [-0.2, 0) is 11.3 Å². The Kier molecular flexibility index (Phi) is 4.62. The van der Waals surface area contributed by atoms with Crippen molar-refractivity contribution in [2.45, 2.75) is 19.9 Å². The Morgan fingerprint density at radius 3 is 2.86 bits per heavy atom. The lowest BCUT2D eigenvalue weighted by Gasteiger charge is -2.02. The maximum Gasteiger partial charge on any atom is 0.221 e. The first-order valence-corrected chi connectivity index (χ1v) is 5.50. The Hall–Kier alpha value is -0.870. The summed E-state index contributed by atoms with van der Waals surface area (Å²) in [5, 5.41) is 5.82. The van der Waals surface area contributed by atoms with Crippen molar-refractivity contribution in [3.63, 3.8) is 0 Å². The molecule has 3 nitrogen and oxygen atoms in total. The van der Waals surface area contributed by atoms with Crippen LogP contribution < -0.4 is 10.6 Å². The fourth-order valence-corrected chi connectivity index (χ4v) is 1.92. The molecule has 0 aliphatic heterocycles. The van der Waals surface area contributed by atoms with Crippen LogP contribution in [-0.4, -0.2) is 19.5 Å². The molecular weight excluding hydrogens is 196 g/mol. The monoisotopic (exact) mass is 212 g/mol. The van der Waals surface area contributed by atoms with Gasteiger partial charge in [0.2, 0.25) is 5.91 Å². The van der Waals surface area contributed by atoms with Gasteiger partial charge in [-0.05, 0) is 26.1 Å². The van der Waals surface area contributed by atoms with Crippen LogP contribution in [0.3, 0.4) is 0 Å². The van der Waals surface area contributed by atoms with Crippen LogP contribution in [0.15, 0.2) is 12.1 Å². The van der Waals surface area contributed by atoms with E-state index in [2.05, 4.69) is 29.7 Å². The summed E-state index contributed by atoms with van der Waals surface area (Å²) in [6.07, 6.45) is 0.543. The molecule has 1 amide bonds. The summed E-state index contributed by atoms with van der Waals surface area (Å²) in [5.74, 6) is 0.102. The maximum atomic E-state index is 11.2. The summed E-state index contributed by atoms with van der Waals surface area (Å²) in [5.41, 5.74) is 0. The van der Waals surface area contributed by atoms with E-state index in [1.54, 1.807) is 11.3 Å². The summed E-state index contributed by atoms with van der Waals surface area (Å²) in [4.78, 5) is 13.7. The molecule has 0 atom stereocenters. The Labute approximate surface area is 88.5 Å². The molecule has 0 unspecified atom stereocenters. The highest BCUT2D eigenvalue weighted by molar-refractivity contribution is 7.11. The molecule has 1 aromatic heterocycles. The third-order valence-corrected chi connectivity index (χ3v) is 2.86. The second kappa shape index (κ2) is 5.78. The number of amides is 1. The van der Waals surface area contributed by atoms with Crippen LogP contribution in [0.2, 0.25) is 0 Å². The van der Waals surface area contributed by atoms with Crippen LogP contribution in [0.25, 0.3) is 0 Å². The van der Waals surface area contributed by atoms with Crippen molar-refractivity contribution in [2.75, 3.05) is 13.6 Å². The van der Waals surface area contributed by atoms with Crippen molar-refractivity contribution in [3.8, 4) is 0 Å². The highest BCUT2D eigenvalue weighted by Gasteiger charge is 2.01. The van der Waals surface area contributed by atoms with Crippen molar-refractivity contribution in [2.24, 2.45) is 0 Å². The molecule has 1 rings (SSSR count). The molecule has 0 saturated heterocycles.